The molecule has 3 aliphatic heterocycles. The molecule has 1 aromatic carbocycles. The van der Waals surface area contributed by atoms with Crippen molar-refractivity contribution in [2.75, 3.05) is 40.6 Å². The van der Waals surface area contributed by atoms with E-state index in [1.54, 1.807) is 14.2 Å². The van der Waals surface area contributed by atoms with Gasteiger partial charge in [-0.05, 0) is 32.0 Å². The fourth-order valence-electron chi connectivity index (χ4n) is 3.93. The summed E-state index contributed by atoms with van der Waals surface area (Å²) in [5.41, 5.74) is 1.95. The first kappa shape index (κ1) is 17.3. The summed E-state index contributed by atoms with van der Waals surface area (Å²) >= 11 is 0. The first-order chi connectivity index (χ1) is 12.7. The largest absolute Gasteiger partial charge is 0.493 e. The SMILES string of the molecule is COc1cc([C@H]2ON=C(CN3CCCCC3)[C@H]2C)c(OC)c2c1OCO2. The van der Waals surface area contributed by atoms with Crippen LogP contribution in [0.5, 0.6) is 23.0 Å². The molecule has 7 nitrogen and oxygen atoms in total. The maximum atomic E-state index is 5.84. The van der Waals surface area contributed by atoms with Gasteiger partial charge in [0.2, 0.25) is 18.3 Å². The average molecular weight is 362 g/mol. The molecule has 3 heterocycles. The zero-order chi connectivity index (χ0) is 18.1. The van der Waals surface area contributed by atoms with Crippen molar-refractivity contribution < 1.29 is 23.8 Å². The monoisotopic (exact) mass is 362 g/mol. The van der Waals surface area contributed by atoms with Crippen LogP contribution in [0.2, 0.25) is 0 Å². The minimum atomic E-state index is -0.229. The minimum Gasteiger partial charge on any atom is -0.493 e. The van der Waals surface area contributed by atoms with Gasteiger partial charge in [-0.15, -0.1) is 0 Å². The maximum Gasteiger partial charge on any atom is 0.231 e. The number of hydrogen-bond acceptors (Lipinski definition) is 7. The van der Waals surface area contributed by atoms with Crippen LogP contribution >= 0.6 is 0 Å². The highest BCUT2D eigenvalue weighted by Gasteiger charge is 2.38. The van der Waals surface area contributed by atoms with Crippen LogP contribution in [-0.2, 0) is 4.84 Å². The molecule has 0 N–H and O–H groups in total. The first-order valence-corrected chi connectivity index (χ1v) is 9.22. The quantitative estimate of drug-likeness (QED) is 0.802. The highest BCUT2D eigenvalue weighted by molar-refractivity contribution is 5.90. The van der Waals surface area contributed by atoms with Gasteiger partial charge in [-0.1, -0.05) is 18.5 Å². The van der Waals surface area contributed by atoms with E-state index in [9.17, 15) is 0 Å². The van der Waals surface area contributed by atoms with Crippen LogP contribution in [0.1, 0.15) is 37.9 Å². The number of benzene rings is 1. The lowest BCUT2D eigenvalue weighted by Crippen LogP contribution is -2.36. The van der Waals surface area contributed by atoms with E-state index in [0.29, 0.717) is 23.0 Å². The predicted molar refractivity (Wildman–Crippen MR) is 96.4 cm³/mol. The second kappa shape index (κ2) is 7.23. The molecule has 26 heavy (non-hydrogen) atoms. The van der Waals surface area contributed by atoms with E-state index in [2.05, 4.69) is 17.0 Å². The maximum absolute atomic E-state index is 5.84. The average Bonchev–Trinajstić information content (AvgIpc) is 3.29. The van der Waals surface area contributed by atoms with E-state index in [-0.39, 0.29) is 18.8 Å². The molecule has 0 aliphatic carbocycles. The number of nitrogens with zero attached hydrogens (tertiary/aromatic N) is 2. The molecule has 2 atom stereocenters. The molecule has 0 amide bonds. The molecule has 0 aromatic heterocycles. The normalized spacial score (nSPS) is 25.0. The van der Waals surface area contributed by atoms with Crippen LogP contribution < -0.4 is 18.9 Å². The number of hydrogen-bond donors (Lipinski definition) is 0. The molecule has 0 radical (unpaired) electrons. The third-order valence-electron chi connectivity index (χ3n) is 5.42. The number of rotatable bonds is 5. The Morgan fingerprint density at radius 2 is 1.88 bits per heavy atom. The van der Waals surface area contributed by atoms with Crippen molar-refractivity contribution in [1.29, 1.82) is 0 Å². The number of oxime groups is 1. The minimum absolute atomic E-state index is 0.149. The molecule has 142 valence electrons. The van der Waals surface area contributed by atoms with Gasteiger partial charge in [0.15, 0.2) is 17.6 Å². The third-order valence-corrected chi connectivity index (χ3v) is 5.42. The summed E-state index contributed by atoms with van der Waals surface area (Å²) in [6.07, 6.45) is 3.62. The van der Waals surface area contributed by atoms with Crippen molar-refractivity contribution in [1.82, 2.24) is 4.90 Å². The van der Waals surface area contributed by atoms with Crippen molar-refractivity contribution in [3.8, 4) is 23.0 Å². The van der Waals surface area contributed by atoms with Gasteiger partial charge in [-0.2, -0.15) is 0 Å². The van der Waals surface area contributed by atoms with Crippen molar-refractivity contribution in [3.05, 3.63) is 11.6 Å². The first-order valence-electron chi connectivity index (χ1n) is 9.22. The molecule has 0 spiro atoms. The van der Waals surface area contributed by atoms with Crippen LogP contribution in [0.15, 0.2) is 11.2 Å². The molecule has 0 saturated carbocycles. The summed E-state index contributed by atoms with van der Waals surface area (Å²) in [6, 6.07) is 1.91. The summed E-state index contributed by atoms with van der Waals surface area (Å²) in [6.45, 7) is 5.44. The summed E-state index contributed by atoms with van der Waals surface area (Å²) in [5, 5.41) is 4.40. The van der Waals surface area contributed by atoms with Gasteiger partial charge in [0, 0.05) is 18.0 Å². The molecular formula is C19H26N2O5. The van der Waals surface area contributed by atoms with Gasteiger partial charge in [-0.3, -0.25) is 4.90 Å². The van der Waals surface area contributed by atoms with Crippen LogP contribution in [-0.4, -0.2) is 51.3 Å². The number of ether oxygens (including phenoxy) is 4. The van der Waals surface area contributed by atoms with E-state index in [4.69, 9.17) is 23.8 Å². The lowest BCUT2D eigenvalue weighted by molar-refractivity contribution is 0.0628. The van der Waals surface area contributed by atoms with Gasteiger partial charge < -0.3 is 23.8 Å². The Bertz CT molecular complexity index is 700. The van der Waals surface area contributed by atoms with Crippen molar-refractivity contribution in [3.63, 3.8) is 0 Å². The van der Waals surface area contributed by atoms with Gasteiger partial charge in [0.25, 0.3) is 0 Å². The molecule has 0 unspecified atom stereocenters. The molecule has 1 fully saturated rings. The van der Waals surface area contributed by atoms with Gasteiger partial charge >= 0.3 is 0 Å². The van der Waals surface area contributed by atoms with Crippen LogP contribution in [0, 0.1) is 5.92 Å². The number of methoxy groups -OCH3 is 2. The second-order valence-corrected chi connectivity index (χ2v) is 7.00. The highest BCUT2D eigenvalue weighted by atomic mass is 16.7. The number of likely N-dealkylation sites (tertiary alicyclic amines) is 1. The lowest BCUT2D eigenvalue weighted by atomic mass is 9.92. The molecule has 1 saturated heterocycles. The van der Waals surface area contributed by atoms with E-state index < -0.39 is 0 Å². The van der Waals surface area contributed by atoms with Crippen LogP contribution in [0.3, 0.4) is 0 Å². The van der Waals surface area contributed by atoms with E-state index in [1.807, 2.05) is 6.07 Å². The Morgan fingerprint density at radius 3 is 2.62 bits per heavy atom. The standard InChI is InChI=1S/C19H26N2O5/c1-12-14(10-21-7-5-4-6-8-21)20-26-16(12)13-9-15(22-2)18-19(17(13)23-3)25-11-24-18/h9,12,16H,4-8,10-11H2,1-3H3/t12-,16+/m1/s1. The zero-order valence-electron chi connectivity index (χ0n) is 15.6. The van der Waals surface area contributed by atoms with E-state index in [0.717, 1.165) is 30.9 Å². The van der Waals surface area contributed by atoms with Crippen LogP contribution in [0.4, 0.5) is 0 Å². The third kappa shape index (κ3) is 2.94. The van der Waals surface area contributed by atoms with E-state index in [1.165, 1.54) is 19.3 Å². The smallest absolute Gasteiger partial charge is 0.231 e. The van der Waals surface area contributed by atoms with Gasteiger partial charge in [-0.25, -0.2) is 0 Å². The summed E-state index contributed by atoms with van der Waals surface area (Å²) in [4.78, 5) is 8.30. The second-order valence-electron chi connectivity index (χ2n) is 7.00. The van der Waals surface area contributed by atoms with Crippen molar-refractivity contribution >= 4 is 5.71 Å². The van der Waals surface area contributed by atoms with Crippen LogP contribution in [0.25, 0.3) is 0 Å². The summed E-state index contributed by atoms with van der Waals surface area (Å²) in [5.74, 6) is 2.55. The Balaban J connectivity index is 1.58. The Kier molecular flexibility index (Phi) is 4.80. The molecule has 4 rings (SSSR count). The summed E-state index contributed by atoms with van der Waals surface area (Å²) < 4.78 is 22.3. The lowest BCUT2D eigenvalue weighted by Gasteiger charge is -2.27. The van der Waals surface area contributed by atoms with Gasteiger partial charge in [0.05, 0.1) is 19.9 Å². The number of piperidine rings is 1. The predicted octanol–water partition coefficient (Wildman–Crippen LogP) is 2.98. The summed E-state index contributed by atoms with van der Waals surface area (Å²) in [7, 11) is 3.24. The van der Waals surface area contributed by atoms with Crippen molar-refractivity contribution in [2.45, 2.75) is 32.3 Å². The Hall–Kier alpha value is -2.15. The molecule has 7 heteroatoms. The molecule has 0 bridgehead atoms. The van der Waals surface area contributed by atoms with E-state index >= 15 is 0 Å². The Morgan fingerprint density at radius 1 is 1.12 bits per heavy atom. The highest BCUT2D eigenvalue weighted by Crippen LogP contribution is 2.53. The Labute approximate surface area is 153 Å². The zero-order valence-corrected chi connectivity index (χ0v) is 15.6. The van der Waals surface area contributed by atoms with Crippen molar-refractivity contribution in [2.24, 2.45) is 11.1 Å². The molecule has 3 aliphatic rings. The molecular weight excluding hydrogens is 336 g/mol. The fourth-order valence-corrected chi connectivity index (χ4v) is 3.93. The molecule has 1 aromatic rings. The fraction of sp³-hybridized carbons (Fsp3) is 0.632. The number of fused-ring (bicyclic) bond motifs is 1. The topological polar surface area (TPSA) is 61.8 Å². The van der Waals surface area contributed by atoms with Gasteiger partial charge in [0.1, 0.15) is 0 Å².